The zero-order valence-electron chi connectivity index (χ0n) is 17.5. The molecule has 0 aliphatic heterocycles. The highest BCUT2D eigenvalue weighted by molar-refractivity contribution is 7.99. The fraction of sp³-hybridized carbons (Fsp3) is 0.130. The molecule has 0 bridgehead atoms. The molecule has 0 unspecified atom stereocenters. The van der Waals surface area contributed by atoms with Gasteiger partial charge in [-0.1, -0.05) is 17.8 Å². The maximum absolute atomic E-state index is 12.3. The van der Waals surface area contributed by atoms with Crippen molar-refractivity contribution in [3.05, 3.63) is 66.9 Å². The van der Waals surface area contributed by atoms with Crippen LogP contribution in [0.15, 0.2) is 71.9 Å². The van der Waals surface area contributed by atoms with Crippen LogP contribution >= 0.6 is 11.8 Å². The maximum atomic E-state index is 12.3. The van der Waals surface area contributed by atoms with E-state index in [4.69, 9.17) is 4.74 Å². The van der Waals surface area contributed by atoms with Gasteiger partial charge in [0.15, 0.2) is 5.65 Å². The Balaban J connectivity index is 1.40. The number of methoxy groups -OCH3 is 1. The number of imidazole rings is 1. The van der Waals surface area contributed by atoms with Gasteiger partial charge in [0.05, 0.1) is 24.8 Å². The molecule has 9 heteroatoms. The number of carbonyl (C=O) groups is 2. The molecular weight excluding hydrogens is 426 g/mol. The molecule has 162 valence electrons. The van der Waals surface area contributed by atoms with Gasteiger partial charge in [0, 0.05) is 23.9 Å². The Bertz CT molecular complexity index is 1270. The predicted molar refractivity (Wildman–Crippen MR) is 125 cm³/mol. The summed E-state index contributed by atoms with van der Waals surface area (Å²) < 4.78 is 6.90. The molecule has 2 amide bonds. The summed E-state index contributed by atoms with van der Waals surface area (Å²) >= 11 is 1.33. The Morgan fingerprint density at radius 2 is 1.78 bits per heavy atom. The summed E-state index contributed by atoms with van der Waals surface area (Å²) in [4.78, 5) is 28.1. The van der Waals surface area contributed by atoms with Crippen molar-refractivity contribution in [3.8, 4) is 17.0 Å². The predicted octanol–water partition coefficient (Wildman–Crippen LogP) is 4.09. The van der Waals surface area contributed by atoms with E-state index >= 15 is 0 Å². The van der Waals surface area contributed by atoms with E-state index in [9.17, 15) is 9.59 Å². The highest BCUT2D eigenvalue weighted by Gasteiger charge is 2.09. The van der Waals surface area contributed by atoms with E-state index in [2.05, 4.69) is 20.7 Å². The van der Waals surface area contributed by atoms with Gasteiger partial charge in [-0.2, -0.15) is 5.10 Å². The summed E-state index contributed by atoms with van der Waals surface area (Å²) in [7, 11) is 1.63. The van der Waals surface area contributed by atoms with Gasteiger partial charge in [0.1, 0.15) is 10.8 Å². The minimum absolute atomic E-state index is 0.165. The van der Waals surface area contributed by atoms with Crippen molar-refractivity contribution in [2.24, 2.45) is 0 Å². The second kappa shape index (κ2) is 9.52. The Hall–Kier alpha value is -3.85. The lowest BCUT2D eigenvalue weighted by molar-refractivity contribution is -0.114. The Labute approximate surface area is 189 Å². The molecule has 4 rings (SSSR count). The Kier molecular flexibility index (Phi) is 6.37. The molecule has 0 aliphatic rings. The van der Waals surface area contributed by atoms with Crippen LogP contribution in [0.5, 0.6) is 5.75 Å². The molecule has 0 saturated carbocycles. The average molecular weight is 448 g/mol. The third-order valence-corrected chi connectivity index (χ3v) is 5.42. The summed E-state index contributed by atoms with van der Waals surface area (Å²) in [5.74, 6) is 0.652. The second-order valence-electron chi connectivity index (χ2n) is 6.93. The molecule has 0 radical (unpaired) electrons. The molecule has 8 nitrogen and oxygen atoms in total. The molecule has 32 heavy (non-hydrogen) atoms. The van der Waals surface area contributed by atoms with E-state index in [-0.39, 0.29) is 17.6 Å². The van der Waals surface area contributed by atoms with Gasteiger partial charge in [-0.05, 0) is 54.6 Å². The lowest BCUT2D eigenvalue weighted by Gasteiger charge is -2.07. The third kappa shape index (κ3) is 5.25. The molecule has 0 aliphatic carbocycles. The summed E-state index contributed by atoms with van der Waals surface area (Å²) in [5, 5.41) is 10.8. The number of carbonyl (C=O) groups excluding carboxylic acids is 2. The monoisotopic (exact) mass is 447 g/mol. The summed E-state index contributed by atoms with van der Waals surface area (Å²) in [6.45, 7) is 1.44. The van der Waals surface area contributed by atoms with Gasteiger partial charge >= 0.3 is 0 Å². The molecule has 4 aromatic rings. The number of thioether (sulfide) groups is 1. The Morgan fingerprint density at radius 3 is 2.50 bits per heavy atom. The van der Waals surface area contributed by atoms with Crippen LogP contribution in [0.25, 0.3) is 16.9 Å². The lowest BCUT2D eigenvalue weighted by atomic mass is 10.2. The van der Waals surface area contributed by atoms with Crippen LogP contribution in [0.3, 0.4) is 0 Å². The fourth-order valence-corrected chi connectivity index (χ4v) is 3.72. The van der Waals surface area contributed by atoms with Crippen LogP contribution in [0.2, 0.25) is 0 Å². The first-order chi connectivity index (χ1) is 15.5. The molecule has 0 fully saturated rings. The van der Waals surface area contributed by atoms with Crippen LogP contribution in [0.1, 0.15) is 6.92 Å². The number of amides is 2. The van der Waals surface area contributed by atoms with Gasteiger partial charge < -0.3 is 15.4 Å². The molecule has 0 saturated heterocycles. The number of benzene rings is 2. The van der Waals surface area contributed by atoms with Gasteiger partial charge in [-0.15, -0.1) is 0 Å². The number of rotatable bonds is 7. The number of aromatic nitrogens is 3. The minimum atomic E-state index is -0.167. The number of nitrogens with one attached hydrogen (secondary N) is 2. The molecule has 2 N–H and O–H groups in total. The normalized spacial score (nSPS) is 10.7. The van der Waals surface area contributed by atoms with Gasteiger partial charge in [0.2, 0.25) is 11.8 Å². The van der Waals surface area contributed by atoms with Crippen LogP contribution in [0, 0.1) is 0 Å². The van der Waals surface area contributed by atoms with Crippen molar-refractivity contribution in [1.29, 1.82) is 0 Å². The third-order valence-electron chi connectivity index (χ3n) is 4.50. The van der Waals surface area contributed by atoms with E-state index in [1.165, 1.54) is 18.7 Å². The zero-order chi connectivity index (χ0) is 22.5. The Morgan fingerprint density at radius 1 is 1.03 bits per heavy atom. The van der Waals surface area contributed by atoms with E-state index in [0.717, 1.165) is 22.7 Å². The quantitative estimate of drug-likeness (QED) is 0.414. The number of nitrogens with zero attached hydrogens (tertiary/aromatic N) is 3. The van der Waals surface area contributed by atoms with Crippen LogP contribution in [0.4, 0.5) is 11.4 Å². The van der Waals surface area contributed by atoms with Crippen molar-refractivity contribution in [2.45, 2.75) is 11.9 Å². The largest absolute Gasteiger partial charge is 0.497 e. The van der Waals surface area contributed by atoms with Crippen LogP contribution in [-0.2, 0) is 9.59 Å². The molecule has 0 atom stereocenters. The average Bonchev–Trinajstić information content (AvgIpc) is 3.21. The highest BCUT2D eigenvalue weighted by atomic mass is 32.2. The summed E-state index contributed by atoms with van der Waals surface area (Å²) in [6.07, 6.45) is 1.86. The number of hydrogen-bond acceptors (Lipinski definition) is 6. The maximum Gasteiger partial charge on any atom is 0.234 e. The van der Waals surface area contributed by atoms with Crippen molar-refractivity contribution < 1.29 is 14.3 Å². The van der Waals surface area contributed by atoms with E-state index in [0.29, 0.717) is 16.4 Å². The van der Waals surface area contributed by atoms with Gasteiger partial charge in [0.25, 0.3) is 0 Å². The number of fused-ring (bicyclic) bond motifs is 1. The van der Waals surface area contributed by atoms with Crippen molar-refractivity contribution in [3.63, 3.8) is 0 Å². The highest BCUT2D eigenvalue weighted by Crippen LogP contribution is 2.23. The van der Waals surface area contributed by atoms with Gasteiger partial charge in [-0.25, -0.2) is 9.50 Å². The second-order valence-corrected chi connectivity index (χ2v) is 7.92. The van der Waals surface area contributed by atoms with E-state index < -0.39 is 0 Å². The molecular formula is C23H21N5O3S. The number of anilines is 2. The van der Waals surface area contributed by atoms with Crippen molar-refractivity contribution >= 4 is 40.6 Å². The standard InChI is InChI=1S/C23H21N5O3S/c1-15(29)24-17-4-3-5-18(12-17)25-22(30)14-32-23-11-10-21-26-20(13-28(21)27-23)16-6-8-19(31-2)9-7-16/h3-13H,14H2,1-2H3,(H,24,29)(H,25,30). The summed E-state index contributed by atoms with van der Waals surface area (Å²) in [6, 6.07) is 18.4. The van der Waals surface area contributed by atoms with E-state index in [1.54, 1.807) is 35.9 Å². The zero-order valence-corrected chi connectivity index (χ0v) is 18.3. The van der Waals surface area contributed by atoms with Crippen molar-refractivity contribution in [1.82, 2.24) is 14.6 Å². The SMILES string of the molecule is COc1ccc(-c2cn3nc(SCC(=O)Nc4cccc(NC(C)=O)c4)ccc3n2)cc1. The van der Waals surface area contributed by atoms with E-state index in [1.807, 2.05) is 42.6 Å². The first kappa shape index (κ1) is 21.4. The smallest absolute Gasteiger partial charge is 0.234 e. The first-order valence-electron chi connectivity index (χ1n) is 9.81. The molecule has 0 spiro atoms. The van der Waals surface area contributed by atoms with Crippen LogP contribution < -0.4 is 15.4 Å². The van der Waals surface area contributed by atoms with Crippen LogP contribution in [-0.4, -0.2) is 39.3 Å². The lowest BCUT2D eigenvalue weighted by Crippen LogP contribution is -2.14. The fourth-order valence-electron chi connectivity index (χ4n) is 3.06. The summed E-state index contributed by atoms with van der Waals surface area (Å²) in [5.41, 5.74) is 3.73. The van der Waals surface area contributed by atoms with Gasteiger partial charge in [-0.3, -0.25) is 9.59 Å². The first-order valence-corrected chi connectivity index (χ1v) is 10.8. The minimum Gasteiger partial charge on any atom is -0.497 e. The molecule has 2 heterocycles. The number of hydrogen-bond donors (Lipinski definition) is 2. The topological polar surface area (TPSA) is 97.6 Å². The number of ether oxygens (including phenoxy) is 1. The molecule has 2 aromatic carbocycles. The molecule has 2 aromatic heterocycles. The van der Waals surface area contributed by atoms with Crippen molar-refractivity contribution in [2.75, 3.05) is 23.5 Å².